The standard InChI is InChI=1S/C12H19N3O3/c1-5-9(8(2)13-3)12-10(15(16)17)6-7-11(14-12)18-4/h6-9,13H,5H2,1-4H3. The van der Waals surface area contributed by atoms with E-state index < -0.39 is 4.92 Å². The van der Waals surface area contributed by atoms with E-state index in [0.29, 0.717) is 11.6 Å². The van der Waals surface area contributed by atoms with E-state index in [1.54, 1.807) is 0 Å². The molecular weight excluding hydrogens is 234 g/mol. The molecule has 1 aromatic rings. The van der Waals surface area contributed by atoms with Crippen LogP contribution in [0.25, 0.3) is 0 Å². The SMILES string of the molecule is CCC(c1nc(OC)ccc1[N+](=O)[O-])C(C)NC. The highest BCUT2D eigenvalue weighted by molar-refractivity contribution is 5.40. The first kappa shape index (κ1) is 14.4. The van der Waals surface area contributed by atoms with Gasteiger partial charge in [0.2, 0.25) is 5.88 Å². The van der Waals surface area contributed by atoms with Gasteiger partial charge in [-0.05, 0) is 20.4 Å². The first-order valence-corrected chi connectivity index (χ1v) is 5.91. The fourth-order valence-electron chi connectivity index (χ4n) is 1.97. The lowest BCUT2D eigenvalue weighted by molar-refractivity contribution is -0.386. The zero-order valence-electron chi connectivity index (χ0n) is 11.1. The molecule has 0 spiro atoms. The van der Waals surface area contributed by atoms with Crippen molar-refractivity contribution in [3.05, 3.63) is 27.9 Å². The van der Waals surface area contributed by atoms with Gasteiger partial charge in [-0.2, -0.15) is 0 Å². The molecule has 100 valence electrons. The number of ether oxygens (including phenoxy) is 1. The first-order chi connectivity index (χ1) is 8.54. The van der Waals surface area contributed by atoms with E-state index in [2.05, 4.69) is 10.3 Å². The fourth-order valence-corrected chi connectivity index (χ4v) is 1.97. The monoisotopic (exact) mass is 253 g/mol. The summed E-state index contributed by atoms with van der Waals surface area (Å²) in [6, 6.07) is 3.07. The Balaban J connectivity index is 3.28. The molecule has 2 unspecified atom stereocenters. The van der Waals surface area contributed by atoms with Crippen LogP contribution in [0.2, 0.25) is 0 Å². The predicted octanol–water partition coefficient (Wildman–Crippen LogP) is 2.10. The van der Waals surface area contributed by atoms with E-state index in [1.807, 2.05) is 20.9 Å². The smallest absolute Gasteiger partial charge is 0.291 e. The van der Waals surface area contributed by atoms with Gasteiger partial charge < -0.3 is 10.1 Å². The highest BCUT2D eigenvalue weighted by atomic mass is 16.6. The molecule has 0 radical (unpaired) electrons. The maximum absolute atomic E-state index is 11.1. The van der Waals surface area contributed by atoms with Crippen molar-refractivity contribution >= 4 is 5.69 Å². The Morgan fingerprint density at radius 1 is 1.56 bits per heavy atom. The van der Waals surface area contributed by atoms with Crippen molar-refractivity contribution < 1.29 is 9.66 Å². The zero-order valence-corrected chi connectivity index (χ0v) is 11.1. The van der Waals surface area contributed by atoms with E-state index >= 15 is 0 Å². The Bertz CT molecular complexity index is 423. The summed E-state index contributed by atoms with van der Waals surface area (Å²) in [7, 11) is 3.33. The normalized spacial score (nSPS) is 14.0. The lowest BCUT2D eigenvalue weighted by Gasteiger charge is -2.21. The van der Waals surface area contributed by atoms with Gasteiger partial charge in [-0.25, -0.2) is 4.98 Å². The molecular formula is C12H19N3O3. The van der Waals surface area contributed by atoms with Crippen LogP contribution in [0.4, 0.5) is 5.69 Å². The summed E-state index contributed by atoms with van der Waals surface area (Å²) in [4.78, 5) is 14.9. The third kappa shape index (κ3) is 2.95. The molecule has 0 aliphatic rings. The van der Waals surface area contributed by atoms with Gasteiger partial charge in [0, 0.05) is 24.1 Å². The summed E-state index contributed by atoms with van der Waals surface area (Å²) in [5.74, 6) is 0.378. The molecule has 0 aromatic carbocycles. The molecule has 2 atom stereocenters. The van der Waals surface area contributed by atoms with Crippen LogP contribution in [0.3, 0.4) is 0 Å². The minimum absolute atomic E-state index is 0.0227. The van der Waals surface area contributed by atoms with Crippen LogP contribution in [0.15, 0.2) is 12.1 Å². The number of hydrogen-bond acceptors (Lipinski definition) is 5. The topological polar surface area (TPSA) is 77.3 Å². The van der Waals surface area contributed by atoms with Gasteiger partial charge in [-0.3, -0.25) is 10.1 Å². The van der Waals surface area contributed by atoms with Crippen LogP contribution in [-0.4, -0.2) is 30.1 Å². The van der Waals surface area contributed by atoms with Crippen molar-refractivity contribution in [2.45, 2.75) is 32.2 Å². The van der Waals surface area contributed by atoms with Crippen LogP contribution >= 0.6 is 0 Å². The molecule has 0 amide bonds. The molecule has 1 aromatic heterocycles. The number of pyridine rings is 1. The molecule has 0 fully saturated rings. The van der Waals surface area contributed by atoms with Gasteiger partial charge in [0.15, 0.2) is 0 Å². The first-order valence-electron chi connectivity index (χ1n) is 5.91. The second-order valence-corrected chi connectivity index (χ2v) is 4.11. The molecule has 0 bridgehead atoms. The summed E-state index contributed by atoms with van der Waals surface area (Å²) >= 11 is 0. The Morgan fingerprint density at radius 3 is 2.67 bits per heavy atom. The number of nitrogens with zero attached hydrogens (tertiary/aromatic N) is 2. The zero-order chi connectivity index (χ0) is 13.7. The van der Waals surface area contributed by atoms with Crippen LogP contribution in [0.5, 0.6) is 5.88 Å². The van der Waals surface area contributed by atoms with Crippen molar-refractivity contribution in [1.29, 1.82) is 0 Å². The van der Waals surface area contributed by atoms with Gasteiger partial charge in [-0.15, -0.1) is 0 Å². The van der Waals surface area contributed by atoms with E-state index in [-0.39, 0.29) is 17.6 Å². The van der Waals surface area contributed by atoms with E-state index in [9.17, 15) is 10.1 Å². The molecule has 1 N–H and O–H groups in total. The van der Waals surface area contributed by atoms with E-state index in [0.717, 1.165) is 6.42 Å². The van der Waals surface area contributed by atoms with Crippen LogP contribution in [0, 0.1) is 10.1 Å². The predicted molar refractivity (Wildman–Crippen MR) is 69.0 cm³/mol. The van der Waals surface area contributed by atoms with Crippen LogP contribution in [0.1, 0.15) is 31.9 Å². The van der Waals surface area contributed by atoms with Gasteiger partial charge >= 0.3 is 0 Å². The average Bonchev–Trinajstić information content (AvgIpc) is 2.38. The second-order valence-electron chi connectivity index (χ2n) is 4.11. The quantitative estimate of drug-likeness (QED) is 0.620. The summed E-state index contributed by atoms with van der Waals surface area (Å²) in [5.41, 5.74) is 0.522. The number of aromatic nitrogens is 1. The van der Waals surface area contributed by atoms with Gasteiger partial charge in [-0.1, -0.05) is 6.92 Å². The molecule has 1 rings (SSSR count). The van der Waals surface area contributed by atoms with Gasteiger partial charge in [0.05, 0.1) is 12.0 Å². The highest BCUT2D eigenvalue weighted by Crippen LogP contribution is 2.31. The van der Waals surface area contributed by atoms with Crippen molar-refractivity contribution in [3.63, 3.8) is 0 Å². The minimum Gasteiger partial charge on any atom is -0.481 e. The summed E-state index contributed by atoms with van der Waals surface area (Å²) in [6.45, 7) is 3.97. The lowest BCUT2D eigenvalue weighted by Crippen LogP contribution is -2.29. The second kappa shape index (κ2) is 6.30. The fraction of sp³-hybridized carbons (Fsp3) is 0.583. The van der Waals surface area contributed by atoms with Crippen molar-refractivity contribution in [2.75, 3.05) is 14.2 Å². The minimum atomic E-state index is -0.396. The number of nitro groups is 1. The summed E-state index contributed by atoms with van der Waals surface area (Å²) in [6.07, 6.45) is 0.767. The summed E-state index contributed by atoms with van der Waals surface area (Å²) in [5, 5.41) is 14.2. The Morgan fingerprint density at radius 2 is 2.22 bits per heavy atom. The van der Waals surface area contributed by atoms with Crippen molar-refractivity contribution in [2.24, 2.45) is 0 Å². The summed E-state index contributed by atoms with van der Waals surface area (Å²) < 4.78 is 5.04. The maximum Gasteiger partial charge on any atom is 0.291 e. The molecule has 0 aliphatic carbocycles. The number of hydrogen-bond donors (Lipinski definition) is 1. The van der Waals surface area contributed by atoms with Crippen LogP contribution < -0.4 is 10.1 Å². The third-order valence-corrected chi connectivity index (χ3v) is 3.13. The molecule has 6 heteroatoms. The molecule has 0 saturated carbocycles. The average molecular weight is 253 g/mol. The number of rotatable bonds is 6. The molecule has 1 heterocycles. The lowest BCUT2D eigenvalue weighted by atomic mass is 9.93. The number of methoxy groups -OCH3 is 1. The molecule has 0 aliphatic heterocycles. The largest absolute Gasteiger partial charge is 0.481 e. The van der Waals surface area contributed by atoms with E-state index in [1.165, 1.54) is 19.2 Å². The van der Waals surface area contributed by atoms with Gasteiger partial charge in [0.25, 0.3) is 5.69 Å². The number of nitrogens with one attached hydrogen (secondary N) is 1. The molecule has 18 heavy (non-hydrogen) atoms. The van der Waals surface area contributed by atoms with Gasteiger partial charge in [0.1, 0.15) is 5.69 Å². The van der Waals surface area contributed by atoms with Crippen molar-refractivity contribution in [3.8, 4) is 5.88 Å². The van der Waals surface area contributed by atoms with Crippen molar-refractivity contribution in [1.82, 2.24) is 10.3 Å². The highest BCUT2D eigenvalue weighted by Gasteiger charge is 2.27. The third-order valence-electron chi connectivity index (χ3n) is 3.13. The molecule has 6 nitrogen and oxygen atoms in total. The Kier molecular flexibility index (Phi) is 5.03. The number of likely N-dealkylation sites (N-methyl/N-ethyl adjacent to an activating group) is 1. The maximum atomic E-state index is 11.1. The van der Waals surface area contributed by atoms with Crippen LogP contribution in [-0.2, 0) is 0 Å². The molecule has 0 saturated heterocycles. The Hall–Kier alpha value is -1.69. The Labute approximate surface area is 107 Å². The van der Waals surface area contributed by atoms with E-state index in [4.69, 9.17) is 4.74 Å².